The van der Waals surface area contributed by atoms with E-state index in [4.69, 9.17) is 9.47 Å². The topological polar surface area (TPSA) is 139 Å². The SMILES string of the molecule is CN(c1nc(OC[C@@]23CCCN2CC(F)C3)nc2c(F)c(-c3c(F)cc(F)c4sc(NC(=O)OC(C)(C)C)nc34)ncc12)[C@@H]1CCN(C(=O)/C(F)=C/c2nccs2)C1. The van der Waals surface area contributed by atoms with E-state index < -0.39 is 69.9 Å². The molecule has 3 saturated heterocycles. The first-order chi connectivity index (χ1) is 27.6. The van der Waals surface area contributed by atoms with Gasteiger partial charge in [-0.1, -0.05) is 11.3 Å². The van der Waals surface area contributed by atoms with Gasteiger partial charge >= 0.3 is 12.1 Å². The van der Waals surface area contributed by atoms with E-state index in [1.165, 1.54) is 28.6 Å². The number of likely N-dealkylation sites (N-methyl/N-ethyl adjacent to an activating group) is 1. The zero-order valence-electron chi connectivity index (χ0n) is 31.8. The lowest BCUT2D eigenvalue weighted by atomic mass is 9.95. The maximum absolute atomic E-state index is 17.0. The lowest BCUT2D eigenvalue weighted by Crippen LogP contribution is -2.43. The van der Waals surface area contributed by atoms with Gasteiger partial charge in [0.2, 0.25) is 0 Å². The van der Waals surface area contributed by atoms with Gasteiger partial charge in [0.15, 0.2) is 16.8 Å². The molecule has 0 radical (unpaired) electrons. The van der Waals surface area contributed by atoms with E-state index in [0.29, 0.717) is 41.8 Å². The fraction of sp³-hybridized carbons (Fsp3) is 0.447. The number of thiazole rings is 2. The van der Waals surface area contributed by atoms with E-state index in [1.807, 2.05) is 4.90 Å². The van der Waals surface area contributed by atoms with Crippen molar-refractivity contribution in [2.75, 3.05) is 50.1 Å². The van der Waals surface area contributed by atoms with E-state index in [0.717, 1.165) is 12.5 Å². The third-order valence-electron chi connectivity index (χ3n) is 10.5. The molecule has 13 nitrogen and oxygen atoms in total. The van der Waals surface area contributed by atoms with Crippen LogP contribution in [0.3, 0.4) is 0 Å². The molecule has 8 rings (SSSR count). The normalized spacial score (nSPS) is 21.3. The first kappa shape index (κ1) is 39.7. The van der Waals surface area contributed by atoms with Crippen LogP contribution in [-0.2, 0) is 9.53 Å². The second-order valence-corrected chi connectivity index (χ2v) is 17.5. The number of nitrogens with one attached hydrogen (secondary N) is 1. The van der Waals surface area contributed by atoms with E-state index >= 15 is 13.2 Å². The third-order valence-corrected chi connectivity index (χ3v) is 12.2. The summed E-state index contributed by atoms with van der Waals surface area (Å²) in [6.07, 6.45) is 4.13. The van der Waals surface area contributed by atoms with Crippen molar-refractivity contribution in [2.24, 2.45) is 0 Å². The van der Waals surface area contributed by atoms with E-state index in [9.17, 15) is 18.4 Å². The number of carbonyl (C=O) groups excluding carboxylic acids is 2. The van der Waals surface area contributed by atoms with Gasteiger partial charge in [0, 0.05) is 69.1 Å². The molecule has 0 bridgehead atoms. The number of rotatable bonds is 9. The molecule has 1 aromatic carbocycles. The number of benzene rings is 1. The van der Waals surface area contributed by atoms with Crippen LogP contribution in [0.4, 0.5) is 37.7 Å². The Labute approximate surface area is 336 Å². The number of hydrogen-bond acceptors (Lipinski definition) is 13. The van der Waals surface area contributed by atoms with E-state index in [1.54, 1.807) is 38.1 Å². The van der Waals surface area contributed by atoms with Gasteiger partial charge in [-0.15, -0.1) is 11.3 Å². The number of fused-ring (bicyclic) bond motifs is 3. The molecule has 3 aliphatic rings. The molecule has 0 spiro atoms. The van der Waals surface area contributed by atoms with Crippen LogP contribution in [0.2, 0.25) is 0 Å². The van der Waals surface area contributed by atoms with Crippen molar-refractivity contribution in [1.82, 2.24) is 34.7 Å². The largest absolute Gasteiger partial charge is 0.461 e. The average molecular weight is 844 g/mol. The van der Waals surface area contributed by atoms with Gasteiger partial charge in [0.25, 0.3) is 5.91 Å². The number of hydrogen-bond donors (Lipinski definition) is 1. The zero-order chi connectivity index (χ0) is 41.1. The van der Waals surface area contributed by atoms with Crippen LogP contribution in [0.15, 0.2) is 29.7 Å². The molecule has 2 amide bonds. The minimum Gasteiger partial charge on any atom is -0.461 e. The van der Waals surface area contributed by atoms with E-state index in [2.05, 4.69) is 30.2 Å². The van der Waals surface area contributed by atoms with Gasteiger partial charge in [0.1, 0.15) is 52.1 Å². The molecule has 0 saturated carbocycles. The Morgan fingerprint density at radius 1 is 1.10 bits per heavy atom. The summed E-state index contributed by atoms with van der Waals surface area (Å²) in [7, 11) is 1.68. The predicted octanol–water partition coefficient (Wildman–Crippen LogP) is 7.53. The third kappa shape index (κ3) is 7.63. The number of carbonyl (C=O) groups is 2. The molecule has 0 aliphatic carbocycles. The van der Waals surface area contributed by atoms with Crippen molar-refractivity contribution in [2.45, 2.75) is 69.8 Å². The van der Waals surface area contributed by atoms with Crippen molar-refractivity contribution < 1.29 is 41.0 Å². The maximum atomic E-state index is 17.0. The van der Waals surface area contributed by atoms with Gasteiger partial charge < -0.3 is 19.3 Å². The highest BCUT2D eigenvalue weighted by Gasteiger charge is 2.49. The molecule has 1 unspecified atom stereocenters. The summed E-state index contributed by atoms with van der Waals surface area (Å²) in [5.41, 5.74) is -3.07. The Kier molecular flexibility index (Phi) is 10.5. The molecule has 4 aromatic heterocycles. The summed E-state index contributed by atoms with van der Waals surface area (Å²) in [4.78, 5) is 52.3. The summed E-state index contributed by atoms with van der Waals surface area (Å²) < 4.78 is 88.8. The molecule has 20 heteroatoms. The number of amides is 2. The lowest BCUT2D eigenvalue weighted by Gasteiger charge is -2.31. The van der Waals surface area contributed by atoms with Crippen molar-refractivity contribution in [3.05, 3.63) is 52.1 Å². The second kappa shape index (κ2) is 15.3. The highest BCUT2D eigenvalue weighted by Crippen LogP contribution is 2.42. The monoisotopic (exact) mass is 843 g/mol. The van der Waals surface area contributed by atoms with Crippen molar-refractivity contribution in [3.8, 4) is 17.3 Å². The Hall–Kier alpha value is -5.08. The quantitative estimate of drug-likeness (QED) is 0.116. The predicted molar refractivity (Wildman–Crippen MR) is 209 cm³/mol. The van der Waals surface area contributed by atoms with E-state index in [-0.39, 0.29) is 70.7 Å². The Morgan fingerprint density at radius 3 is 2.67 bits per heavy atom. The Morgan fingerprint density at radius 2 is 1.91 bits per heavy atom. The first-order valence-corrected chi connectivity index (χ1v) is 20.2. The van der Waals surface area contributed by atoms with Crippen LogP contribution in [0, 0.1) is 17.5 Å². The molecule has 58 heavy (non-hydrogen) atoms. The molecule has 3 atom stereocenters. The van der Waals surface area contributed by atoms with Crippen LogP contribution in [-0.4, -0.2) is 110 Å². The van der Waals surface area contributed by atoms with Crippen LogP contribution in [0.25, 0.3) is 38.5 Å². The molecule has 5 aromatic rings. The minimum atomic E-state index is -1.16. The summed E-state index contributed by atoms with van der Waals surface area (Å²) >= 11 is 1.89. The fourth-order valence-corrected chi connectivity index (χ4v) is 9.32. The molecule has 7 heterocycles. The van der Waals surface area contributed by atoms with Crippen molar-refractivity contribution in [1.29, 1.82) is 0 Å². The molecule has 3 aliphatic heterocycles. The second-order valence-electron chi connectivity index (χ2n) is 15.6. The lowest BCUT2D eigenvalue weighted by molar-refractivity contribution is -0.127. The highest BCUT2D eigenvalue weighted by molar-refractivity contribution is 7.22. The van der Waals surface area contributed by atoms with Crippen LogP contribution in [0.5, 0.6) is 6.01 Å². The number of ether oxygens (including phenoxy) is 2. The highest BCUT2D eigenvalue weighted by atomic mass is 32.1. The average Bonchev–Trinajstić information content (AvgIpc) is 4.00. The van der Waals surface area contributed by atoms with Crippen molar-refractivity contribution >= 4 is 72.8 Å². The maximum Gasteiger partial charge on any atom is 0.413 e. The number of likely N-dealkylation sites (tertiary alicyclic amines) is 1. The molecular weight excluding hydrogens is 806 g/mol. The first-order valence-electron chi connectivity index (χ1n) is 18.5. The summed E-state index contributed by atoms with van der Waals surface area (Å²) in [6, 6.07) is -0.0726. The van der Waals surface area contributed by atoms with Crippen LogP contribution in [0.1, 0.15) is 51.5 Å². The fourth-order valence-electron chi connectivity index (χ4n) is 7.90. The van der Waals surface area contributed by atoms with Crippen molar-refractivity contribution in [3.63, 3.8) is 0 Å². The summed E-state index contributed by atoms with van der Waals surface area (Å²) in [5.74, 6) is -4.85. The number of halogens is 5. The molecule has 1 N–H and O–H groups in total. The smallest absolute Gasteiger partial charge is 0.413 e. The van der Waals surface area contributed by atoms with Gasteiger partial charge in [-0.2, -0.15) is 9.97 Å². The van der Waals surface area contributed by atoms with Gasteiger partial charge in [-0.05, 0) is 46.6 Å². The van der Waals surface area contributed by atoms with Gasteiger partial charge in [-0.3, -0.25) is 20.0 Å². The number of alkyl halides is 1. The standard InChI is InChI=1S/C38H38F5N9O4S2/c1-37(2,3)56-36(54)49-35-47-30-26(22(40)12-23(41)31(30)58-35)29-27(43)28-21(15-45-29)32(48-34(46-28)55-18-38-7-5-9-52(38)16-19(39)14-38)50(4)20-6-10-51(17-20)33(53)24(42)13-25-44-8-11-57-25/h8,11-13,15,19-20H,5-7,9-10,14,16-18H2,1-4H3,(H,47,49,54)/b24-13-/t19?,20-,38+/m1/s1. The zero-order valence-corrected chi connectivity index (χ0v) is 33.5. The number of aromatic nitrogens is 5. The van der Waals surface area contributed by atoms with Crippen LogP contribution >= 0.6 is 22.7 Å². The Bertz CT molecular complexity index is 2450. The Balaban J connectivity index is 1.17. The minimum absolute atomic E-state index is 0.0253. The van der Waals surface area contributed by atoms with Gasteiger partial charge in [0.05, 0.1) is 26.7 Å². The molecule has 306 valence electrons. The summed E-state index contributed by atoms with van der Waals surface area (Å²) in [5, 5.41) is 4.41. The van der Waals surface area contributed by atoms with Gasteiger partial charge in [-0.25, -0.2) is 36.7 Å². The van der Waals surface area contributed by atoms with Crippen LogP contribution < -0.4 is 15.0 Å². The number of nitrogens with zero attached hydrogens (tertiary/aromatic N) is 8. The molecular formula is C38H38F5N9O4S2. The number of anilines is 2. The molecule has 3 fully saturated rings. The summed E-state index contributed by atoms with van der Waals surface area (Å²) in [6.45, 7) is 6.29. The number of pyridine rings is 1.